The van der Waals surface area contributed by atoms with E-state index in [4.69, 9.17) is 16.0 Å². The highest BCUT2D eigenvalue weighted by molar-refractivity contribution is 5.95. The van der Waals surface area contributed by atoms with Crippen LogP contribution in [0.3, 0.4) is 0 Å². The van der Waals surface area contributed by atoms with Gasteiger partial charge < -0.3 is 16.0 Å². The average Bonchev–Trinajstić information content (AvgIpc) is 2.91. The molecule has 110 valence electrons. The van der Waals surface area contributed by atoms with E-state index in [-0.39, 0.29) is 12.4 Å². The molecule has 4 N–H and O–H groups in total. The normalized spacial score (nSPS) is 20.4. The standard InChI is InChI=1S/C14H22N4O2/c15-14(17-20)13-9-11(5-6-16-13)10-18-7-1-3-12(18)4-2-8-19/h5-6,9,12,19-20H,1-4,7-8,10H2,(H2,15,17). The summed E-state index contributed by atoms with van der Waals surface area (Å²) in [6, 6.07) is 4.36. The third-order valence-corrected chi connectivity index (χ3v) is 3.77. The van der Waals surface area contributed by atoms with Gasteiger partial charge in [0.05, 0.1) is 0 Å². The molecular weight excluding hydrogens is 256 g/mol. The van der Waals surface area contributed by atoms with Crippen LogP contribution in [0.1, 0.15) is 36.9 Å². The number of hydrogen-bond donors (Lipinski definition) is 3. The molecule has 6 heteroatoms. The van der Waals surface area contributed by atoms with Crippen molar-refractivity contribution in [1.82, 2.24) is 9.88 Å². The fourth-order valence-corrected chi connectivity index (χ4v) is 2.76. The molecule has 1 aliphatic heterocycles. The Morgan fingerprint density at radius 3 is 3.15 bits per heavy atom. The van der Waals surface area contributed by atoms with Gasteiger partial charge in [0, 0.05) is 25.4 Å². The molecule has 20 heavy (non-hydrogen) atoms. The maximum atomic E-state index is 8.95. The first-order valence-electron chi connectivity index (χ1n) is 7.02. The summed E-state index contributed by atoms with van der Waals surface area (Å²) in [6.45, 7) is 2.18. The van der Waals surface area contributed by atoms with Crippen molar-refractivity contribution in [2.24, 2.45) is 10.9 Å². The zero-order chi connectivity index (χ0) is 14.4. The van der Waals surface area contributed by atoms with Crippen molar-refractivity contribution in [3.63, 3.8) is 0 Å². The van der Waals surface area contributed by atoms with Gasteiger partial charge in [0.15, 0.2) is 5.84 Å². The molecule has 1 saturated heterocycles. The van der Waals surface area contributed by atoms with Crippen LogP contribution in [-0.2, 0) is 6.54 Å². The Bertz CT molecular complexity index is 464. The van der Waals surface area contributed by atoms with E-state index in [1.165, 1.54) is 12.8 Å². The van der Waals surface area contributed by atoms with Crippen LogP contribution in [0.2, 0.25) is 0 Å². The lowest BCUT2D eigenvalue weighted by Crippen LogP contribution is -2.29. The Hall–Kier alpha value is -1.66. The predicted octanol–water partition coefficient (Wildman–Crippen LogP) is 0.913. The van der Waals surface area contributed by atoms with Crippen LogP contribution >= 0.6 is 0 Å². The van der Waals surface area contributed by atoms with Crippen LogP contribution in [0.5, 0.6) is 0 Å². The van der Waals surface area contributed by atoms with E-state index in [0.29, 0.717) is 11.7 Å². The number of nitrogens with two attached hydrogens (primary N) is 1. The number of nitrogens with zero attached hydrogens (tertiary/aromatic N) is 3. The van der Waals surface area contributed by atoms with Gasteiger partial charge >= 0.3 is 0 Å². The van der Waals surface area contributed by atoms with Crippen molar-refractivity contribution in [3.8, 4) is 0 Å². The lowest BCUT2D eigenvalue weighted by Gasteiger charge is -2.24. The Labute approximate surface area is 118 Å². The summed E-state index contributed by atoms with van der Waals surface area (Å²) < 4.78 is 0. The Morgan fingerprint density at radius 1 is 1.55 bits per heavy atom. The number of amidine groups is 1. The van der Waals surface area contributed by atoms with Crippen LogP contribution in [0.15, 0.2) is 23.5 Å². The zero-order valence-electron chi connectivity index (χ0n) is 11.6. The molecule has 1 unspecified atom stereocenters. The number of rotatable bonds is 6. The van der Waals surface area contributed by atoms with E-state index in [1.54, 1.807) is 6.20 Å². The summed E-state index contributed by atoms with van der Waals surface area (Å²) in [7, 11) is 0. The Kier molecular flexibility index (Phi) is 5.31. The largest absolute Gasteiger partial charge is 0.409 e. The van der Waals surface area contributed by atoms with E-state index >= 15 is 0 Å². The zero-order valence-corrected chi connectivity index (χ0v) is 11.6. The van der Waals surface area contributed by atoms with Crippen molar-refractivity contribution in [3.05, 3.63) is 29.6 Å². The lowest BCUT2D eigenvalue weighted by atomic mass is 10.1. The minimum Gasteiger partial charge on any atom is -0.409 e. The number of aliphatic hydroxyl groups excluding tert-OH is 1. The van der Waals surface area contributed by atoms with E-state index in [1.807, 2.05) is 12.1 Å². The van der Waals surface area contributed by atoms with Gasteiger partial charge in [0.2, 0.25) is 0 Å². The number of aromatic nitrogens is 1. The molecule has 2 heterocycles. The number of oxime groups is 1. The van der Waals surface area contributed by atoms with Crippen LogP contribution < -0.4 is 5.73 Å². The first-order chi connectivity index (χ1) is 9.74. The number of pyridine rings is 1. The van der Waals surface area contributed by atoms with Gasteiger partial charge in [-0.2, -0.15) is 0 Å². The quantitative estimate of drug-likeness (QED) is 0.311. The van der Waals surface area contributed by atoms with Crippen molar-refractivity contribution >= 4 is 5.84 Å². The van der Waals surface area contributed by atoms with Crippen molar-refractivity contribution in [2.45, 2.75) is 38.3 Å². The summed E-state index contributed by atoms with van der Waals surface area (Å²) in [5.74, 6) is 0.0325. The molecule has 0 saturated carbocycles. The first-order valence-corrected chi connectivity index (χ1v) is 7.02. The van der Waals surface area contributed by atoms with Crippen LogP contribution in [0, 0.1) is 0 Å². The highest BCUT2D eigenvalue weighted by atomic mass is 16.4. The SMILES string of the molecule is NC(=NO)c1cc(CN2CCCC2CCCO)ccn1. The molecular formula is C14H22N4O2. The molecule has 1 fully saturated rings. The molecule has 1 atom stereocenters. The molecule has 0 bridgehead atoms. The molecule has 1 aliphatic rings. The average molecular weight is 278 g/mol. The molecule has 0 radical (unpaired) electrons. The van der Waals surface area contributed by atoms with Gasteiger partial charge in [0.25, 0.3) is 0 Å². The highest BCUT2D eigenvalue weighted by Gasteiger charge is 2.23. The van der Waals surface area contributed by atoms with Gasteiger partial charge in [-0.25, -0.2) is 0 Å². The Balaban J connectivity index is 2.02. The summed E-state index contributed by atoms with van der Waals surface area (Å²) in [5.41, 5.74) is 7.17. The minimum absolute atomic E-state index is 0.0325. The monoisotopic (exact) mass is 278 g/mol. The summed E-state index contributed by atoms with van der Waals surface area (Å²) in [4.78, 5) is 6.52. The van der Waals surface area contributed by atoms with Gasteiger partial charge in [0.1, 0.15) is 5.69 Å². The predicted molar refractivity (Wildman–Crippen MR) is 76.5 cm³/mol. The summed E-state index contributed by atoms with van der Waals surface area (Å²) in [6.07, 6.45) is 5.97. The van der Waals surface area contributed by atoms with E-state index in [9.17, 15) is 0 Å². The summed E-state index contributed by atoms with van der Waals surface area (Å²) >= 11 is 0. The fraction of sp³-hybridized carbons (Fsp3) is 0.571. The Morgan fingerprint density at radius 2 is 2.40 bits per heavy atom. The third kappa shape index (κ3) is 3.68. The second-order valence-electron chi connectivity index (χ2n) is 5.17. The van der Waals surface area contributed by atoms with Gasteiger partial charge in [-0.3, -0.25) is 9.88 Å². The van der Waals surface area contributed by atoms with E-state index < -0.39 is 0 Å². The van der Waals surface area contributed by atoms with Gasteiger partial charge in [-0.15, -0.1) is 0 Å². The first kappa shape index (κ1) is 14.7. The molecule has 1 aromatic rings. The molecule has 2 rings (SSSR count). The van der Waals surface area contributed by atoms with Crippen molar-refractivity contribution in [2.75, 3.05) is 13.2 Å². The second-order valence-corrected chi connectivity index (χ2v) is 5.17. The number of aliphatic hydroxyl groups is 1. The maximum Gasteiger partial charge on any atom is 0.188 e. The van der Waals surface area contributed by atoms with Gasteiger partial charge in [-0.05, 0) is 49.9 Å². The molecule has 0 spiro atoms. The van der Waals surface area contributed by atoms with Crippen LogP contribution in [0.25, 0.3) is 0 Å². The van der Waals surface area contributed by atoms with Crippen molar-refractivity contribution < 1.29 is 10.3 Å². The maximum absolute atomic E-state index is 8.95. The second kappa shape index (κ2) is 7.21. The van der Waals surface area contributed by atoms with Gasteiger partial charge in [-0.1, -0.05) is 5.16 Å². The highest BCUT2D eigenvalue weighted by Crippen LogP contribution is 2.23. The van der Waals surface area contributed by atoms with E-state index in [0.717, 1.165) is 31.5 Å². The topological polar surface area (TPSA) is 95.0 Å². The number of likely N-dealkylation sites (tertiary alicyclic amines) is 1. The van der Waals surface area contributed by atoms with Crippen LogP contribution in [0.4, 0.5) is 0 Å². The number of hydrogen-bond acceptors (Lipinski definition) is 5. The molecule has 1 aromatic heterocycles. The lowest BCUT2D eigenvalue weighted by molar-refractivity contribution is 0.210. The van der Waals surface area contributed by atoms with Crippen LogP contribution in [-0.4, -0.2) is 45.2 Å². The van der Waals surface area contributed by atoms with E-state index in [2.05, 4.69) is 15.0 Å². The smallest absolute Gasteiger partial charge is 0.188 e. The van der Waals surface area contributed by atoms with Crippen molar-refractivity contribution in [1.29, 1.82) is 0 Å². The molecule has 0 aromatic carbocycles. The fourth-order valence-electron chi connectivity index (χ4n) is 2.76. The molecule has 6 nitrogen and oxygen atoms in total. The summed E-state index contributed by atoms with van der Waals surface area (Å²) in [5, 5.41) is 20.6. The molecule has 0 aliphatic carbocycles. The molecule has 0 amide bonds. The minimum atomic E-state index is 0.0325. The third-order valence-electron chi connectivity index (χ3n) is 3.77.